The van der Waals surface area contributed by atoms with E-state index in [1.807, 2.05) is 0 Å². The van der Waals surface area contributed by atoms with Crippen LogP contribution in [0, 0.1) is 17.5 Å². The largest absolute Gasteiger partial charge is 0.458 e. The summed E-state index contributed by atoms with van der Waals surface area (Å²) in [6, 6.07) is 0.323. The summed E-state index contributed by atoms with van der Waals surface area (Å²) in [5.41, 5.74) is -0.878. The Morgan fingerprint density at radius 2 is 1.95 bits per heavy atom. The van der Waals surface area contributed by atoms with Crippen LogP contribution in [0.25, 0.3) is 0 Å². The van der Waals surface area contributed by atoms with Crippen molar-refractivity contribution in [2.24, 2.45) is 0 Å². The quantitative estimate of drug-likeness (QED) is 0.366. The van der Waals surface area contributed by atoms with E-state index in [-0.39, 0.29) is 6.61 Å². The van der Waals surface area contributed by atoms with Gasteiger partial charge in [-0.3, -0.25) is 4.79 Å². The molecule has 4 nitrogen and oxygen atoms in total. The highest BCUT2D eigenvalue weighted by molar-refractivity contribution is 5.90. The van der Waals surface area contributed by atoms with Gasteiger partial charge >= 0.3 is 11.9 Å². The molecule has 0 bridgehead atoms. The standard InChI is InChI=1S/C12H9F3O4/c1-3-4-18-12(17)7-5-8(13)10(15)11(9(7)14)19-6(2)16/h3,5H,1,4H2,2H3. The van der Waals surface area contributed by atoms with E-state index in [9.17, 15) is 22.8 Å². The first kappa shape index (κ1) is 14.7. The number of benzene rings is 1. The molecule has 7 heteroatoms. The van der Waals surface area contributed by atoms with Crippen LogP contribution < -0.4 is 4.74 Å². The normalized spacial score (nSPS) is 9.89. The minimum atomic E-state index is -1.70. The van der Waals surface area contributed by atoms with Gasteiger partial charge in [-0.15, -0.1) is 0 Å². The fourth-order valence-electron chi connectivity index (χ4n) is 1.17. The van der Waals surface area contributed by atoms with E-state index in [0.717, 1.165) is 6.92 Å². The molecule has 1 aromatic carbocycles. The summed E-state index contributed by atoms with van der Waals surface area (Å²) in [5, 5.41) is 0. The molecular weight excluding hydrogens is 265 g/mol. The van der Waals surface area contributed by atoms with Crippen molar-refractivity contribution in [3.8, 4) is 5.75 Å². The highest BCUT2D eigenvalue weighted by atomic mass is 19.2. The minimum Gasteiger partial charge on any atom is -0.458 e. The van der Waals surface area contributed by atoms with E-state index in [2.05, 4.69) is 16.1 Å². The van der Waals surface area contributed by atoms with Crippen molar-refractivity contribution in [2.75, 3.05) is 6.61 Å². The van der Waals surface area contributed by atoms with Gasteiger partial charge in [-0.2, -0.15) is 4.39 Å². The molecule has 1 rings (SSSR count). The Balaban J connectivity index is 3.26. The monoisotopic (exact) mass is 274 g/mol. The second kappa shape index (κ2) is 6.03. The summed E-state index contributed by atoms with van der Waals surface area (Å²) in [5.74, 6) is -8.32. The van der Waals surface area contributed by atoms with Gasteiger partial charge < -0.3 is 9.47 Å². The molecule has 0 aliphatic rings. The summed E-state index contributed by atoms with van der Waals surface area (Å²) in [4.78, 5) is 22.1. The first-order valence-corrected chi connectivity index (χ1v) is 5.02. The Hall–Kier alpha value is -2.31. The predicted molar refractivity (Wildman–Crippen MR) is 58.1 cm³/mol. The number of hydrogen-bond donors (Lipinski definition) is 0. The highest BCUT2D eigenvalue weighted by Gasteiger charge is 2.25. The van der Waals surface area contributed by atoms with Crippen LogP contribution in [0.4, 0.5) is 13.2 Å². The predicted octanol–water partition coefficient (Wildman–Crippen LogP) is 2.37. The second-order valence-corrected chi connectivity index (χ2v) is 3.34. The summed E-state index contributed by atoms with van der Waals surface area (Å²) >= 11 is 0. The number of esters is 2. The minimum absolute atomic E-state index is 0.236. The number of rotatable bonds is 4. The van der Waals surface area contributed by atoms with Gasteiger partial charge in [0.25, 0.3) is 0 Å². The maximum atomic E-state index is 13.7. The third kappa shape index (κ3) is 3.34. The third-order valence-electron chi connectivity index (χ3n) is 1.91. The van der Waals surface area contributed by atoms with Crippen LogP contribution in [-0.2, 0) is 9.53 Å². The van der Waals surface area contributed by atoms with Gasteiger partial charge in [-0.25, -0.2) is 13.6 Å². The van der Waals surface area contributed by atoms with Gasteiger partial charge in [0.2, 0.25) is 11.6 Å². The highest BCUT2D eigenvalue weighted by Crippen LogP contribution is 2.28. The molecule has 0 saturated heterocycles. The van der Waals surface area contributed by atoms with Crippen molar-refractivity contribution < 1.29 is 32.2 Å². The Bertz CT molecular complexity index is 540. The molecule has 0 heterocycles. The van der Waals surface area contributed by atoms with Gasteiger partial charge in [-0.05, 0) is 6.07 Å². The fraction of sp³-hybridized carbons (Fsp3) is 0.167. The number of hydrogen-bond acceptors (Lipinski definition) is 4. The Kier molecular flexibility index (Phi) is 4.68. The number of carbonyl (C=O) groups is 2. The zero-order valence-electron chi connectivity index (χ0n) is 9.84. The molecule has 0 aliphatic carbocycles. The van der Waals surface area contributed by atoms with Crippen LogP contribution >= 0.6 is 0 Å². The topological polar surface area (TPSA) is 52.6 Å². The Morgan fingerprint density at radius 3 is 2.47 bits per heavy atom. The van der Waals surface area contributed by atoms with E-state index in [0.29, 0.717) is 6.07 Å². The molecule has 0 atom stereocenters. The van der Waals surface area contributed by atoms with Gasteiger partial charge in [0, 0.05) is 6.92 Å². The van der Waals surface area contributed by atoms with Crippen LogP contribution in [0.5, 0.6) is 5.75 Å². The van der Waals surface area contributed by atoms with Gasteiger partial charge in [0.15, 0.2) is 11.6 Å². The first-order chi connectivity index (χ1) is 8.88. The molecule has 0 unspecified atom stereocenters. The van der Waals surface area contributed by atoms with Crippen LogP contribution in [0.2, 0.25) is 0 Å². The van der Waals surface area contributed by atoms with Crippen molar-refractivity contribution in [1.29, 1.82) is 0 Å². The summed E-state index contributed by atoms with van der Waals surface area (Å²) in [6.07, 6.45) is 1.21. The van der Waals surface area contributed by atoms with E-state index in [4.69, 9.17) is 0 Å². The second-order valence-electron chi connectivity index (χ2n) is 3.34. The lowest BCUT2D eigenvalue weighted by atomic mass is 10.2. The molecule has 0 N–H and O–H groups in total. The van der Waals surface area contributed by atoms with Crippen molar-refractivity contribution in [3.63, 3.8) is 0 Å². The molecule has 0 spiro atoms. The number of carbonyl (C=O) groups excluding carboxylic acids is 2. The Labute approximate surface area is 106 Å². The average molecular weight is 274 g/mol. The zero-order chi connectivity index (χ0) is 14.6. The van der Waals surface area contributed by atoms with Crippen LogP contribution in [0.1, 0.15) is 17.3 Å². The van der Waals surface area contributed by atoms with Crippen molar-refractivity contribution >= 4 is 11.9 Å². The lowest BCUT2D eigenvalue weighted by Crippen LogP contribution is -2.13. The van der Waals surface area contributed by atoms with Crippen molar-refractivity contribution in [3.05, 3.63) is 41.7 Å². The maximum Gasteiger partial charge on any atom is 0.341 e. The summed E-state index contributed by atoms with van der Waals surface area (Å²) in [6.45, 7) is 3.90. The van der Waals surface area contributed by atoms with E-state index in [1.165, 1.54) is 6.08 Å². The van der Waals surface area contributed by atoms with Crippen molar-refractivity contribution in [1.82, 2.24) is 0 Å². The average Bonchev–Trinajstić information content (AvgIpc) is 2.35. The van der Waals surface area contributed by atoms with Crippen LogP contribution in [-0.4, -0.2) is 18.5 Å². The number of ether oxygens (including phenoxy) is 2. The molecule has 102 valence electrons. The van der Waals surface area contributed by atoms with Gasteiger partial charge in [0.05, 0.1) is 0 Å². The van der Waals surface area contributed by atoms with E-state index >= 15 is 0 Å². The third-order valence-corrected chi connectivity index (χ3v) is 1.91. The smallest absolute Gasteiger partial charge is 0.341 e. The van der Waals surface area contributed by atoms with E-state index in [1.54, 1.807) is 0 Å². The van der Waals surface area contributed by atoms with Crippen LogP contribution in [0.15, 0.2) is 18.7 Å². The van der Waals surface area contributed by atoms with Crippen LogP contribution in [0.3, 0.4) is 0 Å². The summed E-state index contributed by atoms with van der Waals surface area (Å²) < 4.78 is 48.9. The lowest BCUT2D eigenvalue weighted by molar-refractivity contribution is -0.132. The van der Waals surface area contributed by atoms with Gasteiger partial charge in [-0.1, -0.05) is 12.7 Å². The maximum absolute atomic E-state index is 13.7. The molecule has 0 fully saturated rings. The zero-order valence-corrected chi connectivity index (χ0v) is 9.84. The molecule has 0 radical (unpaired) electrons. The molecular formula is C12H9F3O4. The molecule has 1 aromatic rings. The molecule has 19 heavy (non-hydrogen) atoms. The van der Waals surface area contributed by atoms with E-state index < -0.39 is 40.7 Å². The molecule has 0 aromatic heterocycles. The van der Waals surface area contributed by atoms with Gasteiger partial charge in [0.1, 0.15) is 12.2 Å². The molecule has 0 aliphatic heterocycles. The fourth-order valence-corrected chi connectivity index (χ4v) is 1.17. The molecule has 0 saturated carbocycles. The summed E-state index contributed by atoms with van der Waals surface area (Å²) in [7, 11) is 0. The lowest BCUT2D eigenvalue weighted by Gasteiger charge is -2.09. The number of halogens is 3. The molecule has 0 amide bonds. The first-order valence-electron chi connectivity index (χ1n) is 5.02. The van der Waals surface area contributed by atoms with Crippen molar-refractivity contribution in [2.45, 2.75) is 6.92 Å². The SMILES string of the molecule is C=CCOC(=O)c1cc(F)c(F)c(OC(C)=O)c1F. The Morgan fingerprint density at radius 1 is 1.32 bits per heavy atom.